The number of ether oxygens (including phenoxy) is 2. The van der Waals surface area contributed by atoms with Crippen LogP contribution in [-0.2, 0) is 20.7 Å². The van der Waals surface area contributed by atoms with Gasteiger partial charge in [0, 0.05) is 12.5 Å². The lowest BCUT2D eigenvalue weighted by molar-refractivity contribution is -0.338. The van der Waals surface area contributed by atoms with Crippen LogP contribution in [0.25, 0.3) is 0 Å². The first-order valence-electron chi connectivity index (χ1n) is 10.2. The summed E-state index contributed by atoms with van der Waals surface area (Å²) in [4.78, 5) is 0. The molecule has 0 spiro atoms. The van der Waals surface area contributed by atoms with Gasteiger partial charge in [-0.15, -0.1) is 0 Å². The molecule has 0 heterocycles. The lowest BCUT2D eigenvalue weighted by atomic mass is 9.76. The maximum absolute atomic E-state index is 12.7. The molecule has 0 aliphatic carbocycles. The lowest BCUT2D eigenvalue weighted by Crippen LogP contribution is -2.35. The fourth-order valence-corrected chi connectivity index (χ4v) is 2.80. The summed E-state index contributed by atoms with van der Waals surface area (Å²) in [6.45, 7) is 17.3. The van der Waals surface area contributed by atoms with Crippen molar-refractivity contribution in [2.75, 3.05) is 6.61 Å². The van der Waals surface area contributed by atoms with Crippen LogP contribution in [0, 0.1) is 0 Å². The van der Waals surface area contributed by atoms with Crippen LogP contribution in [0.3, 0.4) is 0 Å². The number of benzene rings is 1. The molecule has 0 aliphatic heterocycles. The third-order valence-corrected chi connectivity index (χ3v) is 5.67. The molecule has 1 aromatic rings. The Morgan fingerprint density at radius 2 is 1.50 bits per heavy atom. The van der Waals surface area contributed by atoms with E-state index in [1.165, 1.54) is 12.5 Å². The second kappa shape index (κ2) is 9.23. The molecule has 149 valence electrons. The van der Waals surface area contributed by atoms with Crippen LogP contribution in [-0.4, -0.2) is 12.6 Å². The molecule has 1 radical (unpaired) electrons. The summed E-state index contributed by atoms with van der Waals surface area (Å²) in [5, 5.41) is 12.7. The van der Waals surface area contributed by atoms with E-state index in [2.05, 4.69) is 60.6 Å². The summed E-state index contributed by atoms with van der Waals surface area (Å²) in [6, 6.07) is 6.25. The van der Waals surface area contributed by atoms with Crippen LogP contribution in [0.2, 0.25) is 0 Å². The molecule has 1 unspecified atom stereocenters. The van der Waals surface area contributed by atoms with E-state index in [0.29, 0.717) is 12.4 Å². The molecular weight excluding hydrogens is 324 g/mol. The van der Waals surface area contributed by atoms with E-state index in [1.807, 2.05) is 6.07 Å². The Balaban J connectivity index is 3.13. The van der Waals surface area contributed by atoms with Gasteiger partial charge in [0.1, 0.15) is 5.75 Å². The molecule has 0 saturated carbocycles. The van der Waals surface area contributed by atoms with E-state index in [0.717, 1.165) is 37.7 Å². The molecule has 0 N–H and O–H groups in total. The van der Waals surface area contributed by atoms with Crippen molar-refractivity contribution in [3.05, 3.63) is 29.3 Å². The predicted octanol–water partition coefficient (Wildman–Crippen LogP) is 6.75. The lowest BCUT2D eigenvalue weighted by Gasteiger charge is -2.32. The van der Waals surface area contributed by atoms with Gasteiger partial charge >= 0.3 is 5.97 Å². The quantitative estimate of drug-likeness (QED) is 0.322. The third-order valence-electron chi connectivity index (χ3n) is 5.67. The normalized spacial score (nSPS) is 15.0. The standard InChI is InChI=1S/C23H39O3/c1-9-12-13-16-25-23(8,24)26-20-15-14-18(21(4,5)10-2)17-19(20)22(6,7)11-3/h14-15,17H,9-13,16H2,1-8H3. The molecule has 0 amide bonds. The molecule has 0 aliphatic rings. The highest BCUT2D eigenvalue weighted by atomic mass is 16.8. The van der Waals surface area contributed by atoms with Crippen molar-refractivity contribution in [2.24, 2.45) is 0 Å². The van der Waals surface area contributed by atoms with Crippen molar-refractivity contribution in [1.29, 1.82) is 0 Å². The van der Waals surface area contributed by atoms with Crippen molar-refractivity contribution in [1.82, 2.24) is 0 Å². The number of rotatable bonds is 11. The van der Waals surface area contributed by atoms with Gasteiger partial charge in [0.15, 0.2) is 0 Å². The van der Waals surface area contributed by atoms with Gasteiger partial charge < -0.3 is 9.47 Å². The summed E-state index contributed by atoms with van der Waals surface area (Å²) in [5.41, 5.74) is 2.38. The minimum absolute atomic E-state index is 0.0759. The zero-order chi connectivity index (χ0) is 20.0. The van der Waals surface area contributed by atoms with Gasteiger partial charge in [0.2, 0.25) is 0 Å². The Morgan fingerprint density at radius 3 is 2.04 bits per heavy atom. The Hall–Kier alpha value is -1.06. The van der Waals surface area contributed by atoms with Gasteiger partial charge in [0.25, 0.3) is 0 Å². The monoisotopic (exact) mass is 363 g/mol. The van der Waals surface area contributed by atoms with E-state index in [-0.39, 0.29) is 10.8 Å². The van der Waals surface area contributed by atoms with Crippen LogP contribution in [0.5, 0.6) is 5.75 Å². The second-order valence-electron chi connectivity index (χ2n) is 8.71. The first-order valence-corrected chi connectivity index (χ1v) is 10.2. The Morgan fingerprint density at radius 1 is 0.885 bits per heavy atom. The van der Waals surface area contributed by atoms with E-state index in [4.69, 9.17) is 9.47 Å². The molecule has 1 aromatic carbocycles. The van der Waals surface area contributed by atoms with Gasteiger partial charge in [-0.2, -0.15) is 5.11 Å². The molecule has 0 bridgehead atoms. The first-order chi connectivity index (χ1) is 12.0. The second-order valence-corrected chi connectivity index (χ2v) is 8.71. The predicted molar refractivity (Wildman–Crippen MR) is 108 cm³/mol. The summed E-state index contributed by atoms with van der Waals surface area (Å²) >= 11 is 0. The maximum atomic E-state index is 12.7. The van der Waals surface area contributed by atoms with Gasteiger partial charge in [-0.1, -0.05) is 73.4 Å². The number of unbranched alkanes of at least 4 members (excludes halogenated alkanes) is 2. The van der Waals surface area contributed by atoms with Crippen molar-refractivity contribution in [3.8, 4) is 5.75 Å². The molecule has 1 rings (SSSR count). The van der Waals surface area contributed by atoms with Crippen LogP contribution in [0.15, 0.2) is 18.2 Å². The van der Waals surface area contributed by atoms with Gasteiger partial charge in [-0.25, -0.2) is 0 Å². The summed E-state index contributed by atoms with van der Waals surface area (Å²) in [5.74, 6) is -1.23. The largest absolute Gasteiger partial charge is 0.437 e. The van der Waals surface area contributed by atoms with E-state index in [1.54, 1.807) is 0 Å². The van der Waals surface area contributed by atoms with Crippen molar-refractivity contribution >= 4 is 0 Å². The molecular formula is C23H39O3. The Bertz CT molecular complexity index is 559. The molecule has 0 aromatic heterocycles. The average molecular weight is 364 g/mol. The van der Waals surface area contributed by atoms with E-state index >= 15 is 0 Å². The Labute approximate surface area is 161 Å². The van der Waals surface area contributed by atoms with Crippen LogP contribution >= 0.6 is 0 Å². The van der Waals surface area contributed by atoms with Crippen molar-refractivity contribution < 1.29 is 14.6 Å². The molecule has 3 nitrogen and oxygen atoms in total. The summed E-state index contributed by atoms with van der Waals surface area (Å²) < 4.78 is 11.3. The minimum Gasteiger partial charge on any atom is -0.437 e. The highest BCUT2D eigenvalue weighted by Crippen LogP contribution is 2.39. The highest BCUT2D eigenvalue weighted by molar-refractivity contribution is 5.44. The smallest absolute Gasteiger partial charge is 0.352 e. The number of hydrogen-bond acceptors (Lipinski definition) is 2. The highest BCUT2D eigenvalue weighted by Gasteiger charge is 2.31. The fourth-order valence-electron chi connectivity index (χ4n) is 2.80. The maximum Gasteiger partial charge on any atom is 0.352 e. The zero-order valence-electron chi connectivity index (χ0n) is 18.2. The topological polar surface area (TPSA) is 38.4 Å². The summed E-state index contributed by atoms with van der Waals surface area (Å²) in [7, 11) is 0. The van der Waals surface area contributed by atoms with Crippen molar-refractivity contribution in [3.63, 3.8) is 0 Å². The summed E-state index contributed by atoms with van der Waals surface area (Å²) in [6.07, 6.45) is 5.06. The average Bonchev–Trinajstić information content (AvgIpc) is 2.58. The van der Waals surface area contributed by atoms with Gasteiger partial charge in [-0.3, -0.25) is 0 Å². The van der Waals surface area contributed by atoms with E-state index in [9.17, 15) is 5.11 Å². The zero-order valence-corrected chi connectivity index (χ0v) is 18.2. The van der Waals surface area contributed by atoms with E-state index < -0.39 is 5.97 Å². The van der Waals surface area contributed by atoms with Crippen LogP contribution < -0.4 is 4.74 Å². The minimum atomic E-state index is -1.87. The molecule has 0 fully saturated rings. The van der Waals surface area contributed by atoms with Crippen LogP contribution in [0.4, 0.5) is 0 Å². The molecule has 3 heteroatoms. The van der Waals surface area contributed by atoms with Crippen molar-refractivity contribution in [2.45, 2.75) is 104 Å². The molecule has 26 heavy (non-hydrogen) atoms. The first kappa shape index (κ1) is 23.0. The van der Waals surface area contributed by atoms with Gasteiger partial charge in [-0.05, 0) is 41.7 Å². The third kappa shape index (κ3) is 6.28. The SMILES string of the molecule is CCCCCOC(C)([O])Oc1ccc(C(C)(C)CC)cc1C(C)(C)CC. The van der Waals surface area contributed by atoms with Crippen LogP contribution in [0.1, 0.15) is 98.6 Å². The molecule has 1 atom stereocenters. The Kier molecular flexibility index (Phi) is 8.16. The fraction of sp³-hybridized carbons (Fsp3) is 0.739. The van der Waals surface area contributed by atoms with Gasteiger partial charge in [0.05, 0.1) is 6.61 Å². The number of hydrogen-bond donors (Lipinski definition) is 0. The molecule has 0 saturated heterocycles.